The van der Waals surface area contributed by atoms with Crippen molar-refractivity contribution in [2.45, 2.75) is 6.92 Å². The topological polar surface area (TPSA) is 107 Å². The molecule has 160 valence electrons. The molecule has 4 aromatic rings. The molecule has 32 heavy (non-hydrogen) atoms. The van der Waals surface area contributed by atoms with Crippen LogP contribution in [0.2, 0.25) is 0 Å². The highest BCUT2D eigenvalue weighted by Crippen LogP contribution is 2.31. The number of carbonyl (C=O) groups is 2. The molecule has 0 radical (unpaired) electrons. The molecule has 0 saturated carbocycles. The van der Waals surface area contributed by atoms with Crippen molar-refractivity contribution in [2.75, 3.05) is 11.9 Å². The van der Waals surface area contributed by atoms with Gasteiger partial charge in [-0.05, 0) is 30.3 Å². The maximum absolute atomic E-state index is 11.9. The molecule has 2 amide bonds. The molecule has 0 spiro atoms. The van der Waals surface area contributed by atoms with Gasteiger partial charge in [-0.25, -0.2) is 4.99 Å². The summed E-state index contributed by atoms with van der Waals surface area (Å²) in [5.74, 6) is -0.528. The van der Waals surface area contributed by atoms with E-state index in [1.165, 1.54) is 6.92 Å². The van der Waals surface area contributed by atoms with Gasteiger partial charge in [-0.1, -0.05) is 48.5 Å². The molecule has 7 heteroatoms. The van der Waals surface area contributed by atoms with Gasteiger partial charge in [0.25, 0.3) is 0 Å². The number of carbonyl (C=O) groups excluding carboxylic acids is 2. The van der Waals surface area contributed by atoms with Crippen LogP contribution in [0.15, 0.2) is 83.9 Å². The first-order valence-electron chi connectivity index (χ1n) is 10.1. The minimum absolute atomic E-state index is 0.0515. The van der Waals surface area contributed by atoms with Gasteiger partial charge in [-0.15, -0.1) is 0 Å². The third kappa shape index (κ3) is 4.67. The van der Waals surface area contributed by atoms with Gasteiger partial charge in [0.1, 0.15) is 0 Å². The monoisotopic (exact) mass is 426 g/mol. The predicted molar refractivity (Wildman–Crippen MR) is 125 cm³/mol. The Kier molecular flexibility index (Phi) is 5.98. The van der Waals surface area contributed by atoms with Crippen LogP contribution >= 0.6 is 0 Å². The Morgan fingerprint density at radius 2 is 1.62 bits per heavy atom. The molecule has 4 rings (SSSR count). The molecular formula is C25H22N4O3. The standard InChI is InChI=1S/C25H22N4O3/c1-16(30)26-15-22(31)27-18-11-13-19(14-12-18)28-24(17-7-3-2-4-8-17)23-20-9-5-6-10-21(20)29-25(23)32/h2-14,29,32H,15H2,1H3,(H,26,30)(H,27,31). The summed E-state index contributed by atoms with van der Waals surface area (Å²) in [5.41, 5.74) is 4.19. The lowest BCUT2D eigenvalue weighted by Gasteiger charge is -2.09. The van der Waals surface area contributed by atoms with E-state index in [4.69, 9.17) is 4.99 Å². The summed E-state index contributed by atoms with van der Waals surface area (Å²) in [6, 6.07) is 24.3. The smallest absolute Gasteiger partial charge is 0.243 e. The van der Waals surface area contributed by atoms with Crippen LogP contribution in [0.5, 0.6) is 5.88 Å². The lowest BCUT2D eigenvalue weighted by atomic mass is 10.0. The van der Waals surface area contributed by atoms with Gasteiger partial charge in [0.05, 0.1) is 23.5 Å². The summed E-state index contributed by atoms with van der Waals surface area (Å²) in [6.07, 6.45) is 0. The summed E-state index contributed by atoms with van der Waals surface area (Å²) >= 11 is 0. The first kappa shape index (κ1) is 20.9. The SMILES string of the molecule is CC(=O)NCC(=O)Nc1ccc(N=C(c2ccccc2)c2c(O)[nH]c3ccccc23)cc1. The highest BCUT2D eigenvalue weighted by molar-refractivity contribution is 6.21. The van der Waals surface area contributed by atoms with Crippen LogP contribution < -0.4 is 10.6 Å². The van der Waals surface area contributed by atoms with Crippen molar-refractivity contribution < 1.29 is 14.7 Å². The van der Waals surface area contributed by atoms with Gasteiger partial charge >= 0.3 is 0 Å². The fourth-order valence-corrected chi connectivity index (χ4v) is 3.39. The molecule has 0 atom stereocenters. The van der Waals surface area contributed by atoms with Crippen molar-refractivity contribution in [2.24, 2.45) is 4.99 Å². The van der Waals surface area contributed by atoms with Crippen molar-refractivity contribution in [3.8, 4) is 5.88 Å². The van der Waals surface area contributed by atoms with E-state index in [9.17, 15) is 14.7 Å². The van der Waals surface area contributed by atoms with Crippen LogP contribution in [-0.2, 0) is 9.59 Å². The second kappa shape index (κ2) is 9.18. The second-order valence-corrected chi connectivity index (χ2v) is 7.23. The summed E-state index contributed by atoms with van der Waals surface area (Å²) in [4.78, 5) is 30.7. The highest BCUT2D eigenvalue weighted by Gasteiger charge is 2.18. The van der Waals surface area contributed by atoms with E-state index in [2.05, 4.69) is 15.6 Å². The molecule has 0 unspecified atom stereocenters. The predicted octanol–water partition coefficient (Wildman–Crippen LogP) is 4.12. The first-order valence-corrected chi connectivity index (χ1v) is 10.1. The Morgan fingerprint density at radius 3 is 2.34 bits per heavy atom. The Morgan fingerprint density at radius 1 is 0.938 bits per heavy atom. The van der Waals surface area contributed by atoms with Gasteiger partial charge in [0.2, 0.25) is 11.8 Å². The van der Waals surface area contributed by atoms with E-state index in [1.807, 2.05) is 54.6 Å². The Balaban J connectivity index is 1.68. The number of fused-ring (bicyclic) bond motifs is 1. The zero-order chi connectivity index (χ0) is 22.5. The number of amides is 2. The number of aromatic hydroxyl groups is 1. The molecule has 1 heterocycles. The maximum atomic E-state index is 11.9. The number of anilines is 1. The lowest BCUT2D eigenvalue weighted by Crippen LogP contribution is -2.31. The summed E-state index contributed by atoms with van der Waals surface area (Å²) in [7, 11) is 0. The van der Waals surface area contributed by atoms with Crippen molar-refractivity contribution >= 4 is 39.8 Å². The van der Waals surface area contributed by atoms with E-state index >= 15 is 0 Å². The Hall–Kier alpha value is -4.39. The van der Waals surface area contributed by atoms with E-state index in [1.54, 1.807) is 24.3 Å². The molecular weight excluding hydrogens is 404 g/mol. The van der Waals surface area contributed by atoms with Crippen LogP contribution in [-0.4, -0.2) is 34.2 Å². The van der Waals surface area contributed by atoms with Crippen molar-refractivity contribution in [1.82, 2.24) is 10.3 Å². The average Bonchev–Trinajstić information content (AvgIpc) is 3.13. The fraction of sp³-hybridized carbons (Fsp3) is 0.0800. The number of aliphatic imine (C=N–C) groups is 1. The zero-order valence-electron chi connectivity index (χ0n) is 17.4. The van der Waals surface area contributed by atoms with E-state index in [0.29, 0.717) is 22.6 Å². The van der Waals surface area contributed by atoms with Crippen molar-refractivity contribution in [3.63, 3.8) is 0 Å². The average molecular weight is 426 g/mol. The third-order valence-electron chi connectivity index (χ3n) is 4.86. The second-order valence-electron chi connectivity index (χ2n) is 7.23. The quantitative estimate of drug-likeness (QED) is 0.349. The zero-order valence-corrected chi connectivity index (χ0v) is 17.4. The molecule has 0 aliphatic carbocycles. The van der Waals surface area contributed by atoms with Crippen LogP contribution in [0.3, 0.4) is 0 Å². The minimum atomic E-state index is -0.315. The fourth-order valence-electron chi connectivity index (χ4n) is 3.39. The molecule has 3 aromatic carbocycles. The Labute approximate surface area is 184 Å². The molecule has 0 aliphatic heterocycles. The van der Waals surface area contributed by atoms with Crippen LogP contribution in [0.1, 0.15) is 18.1 Å². The van der Waals surface area contributed by atoms with Gasteiger partial charge in [0.15, 0.2) is 5.88 Å². The number of benzene rings is 3. The summed E-state index contributed by atoms with van der Waals surface area (Å²) < 4.78 is 0. The van der Waals surface area contributed by atoms with Crippen molar-refractivity contribution in [3.05, 3.63) is 90.0 Å². The third-order valence-corrected chi connectivity index (χ3v) is 4.86. The number of hydrogen-bond acceptors (Lipinski definition) is 4. The number of para-hydroxylation sites is 1. The molecule has 0 aliphatic rings. The summed E-state index contributed by atoms with van der Waals surface area (Å²) in [5, 5.41) is 16.7. The van der Waals surface area contributed by atoms with Crippen LogP contribution in [0, 0.1) is 0 Å². The summed E-state index contributed by atoms with van der Waals surface area (Å²) in [6.45, 7) is 1.27. The van der Waals surface area contributed by atoms with Crippen molar-refractivity contribution in [1.29, 1.82) is 0 Å². The number of rotatable bonds is 6. The molecule has 0 saturated heterocycles. The van der Waals surface area contributed by atoms with Gasteiger partial charge in [-0.3, -0.25) is 9.59 Å². The van der Waals surface area contributed by atoms with Crippen LogP contribution in [0.25, 0.3) is 10.9 Å². The number of aromatic nitrogens is 1. The van der Waals surface area contributed by atoms with E-state index in [0.717, 1.165) is 16.5 Å². The van der Waals surface area contributed by atoms with E-state index < -0.39 is 0 Å². The highest BCUT2D eigenvalue weighted by atomic mass is 16.3. The molecule has 0 bridgehead atoms. The number of nitrogens with zero attached hydrogens (tertiary/aromatic N) is 1. The van der Waals surface area contributed by atoms with E-state index in [-0.39, 0.29) is 24.2 Å². The van der Waals surface area contributed by atoms with Crippen LogP contribution in [0.4, 0.5) is 11.4 Å². The lowest BCUT2D eigenvalue weighted by molar-refractivity contribution is -0.122. The van der Waals surface area contributed by atoms with Gasteiger partial charge in [-0.2, -0.15) is 0 Å². The minimum Gasteiger partial charge on any atom is -0.494 e. The number of aromatic amines is 1. The van der Waals surface area contributed by atoms with Gasteiger partial charge < -0.3 is 20.7 Å². The molecule has 4 N–H and O–H groups in total. The molecule has 1 aromatic heterocycles. The van der Waals surface area contributed by atoms with Gasteiger partial charge in [0, 0.05) is 29.1 Å². The maximum Gasteiger partial charge on any atom is 0.243 e. The largest absolute Gasteiger partial charge is 0.494 e. The number of H-pyrrole nitrogens is 1. The number of nitrogens with one attached hydrogen (secondary N) is 3. The normalized spacial score (nSPS) is 11.3. The molecule has 0 fully saturated rings. The Bertz CT molecular complexity index is 1290. The number of hydrogen-bond donors (Lipinski definition) is 4. The first-order chi connectivity index (χ1) is 15.5. The molecule has 7 nitrogen and oxygen atoms in total.